The van der Waals surface area contributed by atoms with Crippen molar-refractivity contribution in [2.75, 3.05) is 18.0 Å². The minimum Gasteiger partial charge on any atom is -0.491 e. The second kappa shape index (κ2) is 8.57. The van der Waals surface area contributed by atoms with Crippen LogP contribution in [0.1, 0.15) is 32.5 Å². The molecule has 30 heavy (non-hydrogen) atoms. The minimum absolute atomic E-state index is 0.0260. The first-order chi connectivity index (χ1) is 14.4. The van der Waals surface area contributed by atoms with Crippen molar-refractivity contribution in [2.45, 2.75) is 44.2 Å². The average molecular weight is 427 g/mol. The number of hydrogen-bond donors (Lipinski definition) is 1. The van der Waals surface area contributed by atoms with Gasteiger partial charge in [0.15, 0.2) is 0 Å². The average Bonchev–Trinajstić information content (AvgIpc) is 3.26. The molecule has 0 saturated carbocycles. The highest BCUT2D eigenvalue weighted by Gasteiger charge is 2.19. The molecule has 0 bridgehead atoms. The van der Waals surface area contributed by atoms with Gasteiger partial charge in [0.2, 0.25) is 10.0 Å². The van der Waals surface area contributed by atoms with E-state index in [4.69, 9.17) is 9.72 Å². The van der Waals surface area contributed by atoms with E-state index >= 15 is 0 Å². The second-order valence-corrected chi connectivity index (χ2v) is 9.40. The van der Waals surface area contributed by atoms with Gasteiger partial charge in [-0.3, -0.25) is 0 Å². The molecule has 158 valence electrons. The predicted octanol–water partition coefficient (Wildman–Crippen LogP) is 3.50. The van der Waals surface area contributed by atoms with E-state index in [0.29, 0.717) is 11.6 Å². The van der Waals surface area contributed by atoms with E-state index in [1.165, 1.54) is 12.1 Å². The first-order valence-corrected chi connectivity index (χ1v) is 11.7. The molecule has 4 rings (SSSR count). The monoisotopic (exact) mass is 426 g/mol. The van der Waals surface area contributed by atoms with Gasteiger partial charge in [-0.2, -0.15) is 0 Å². The van der Waals surface area contributed by atoms with Crippen LogP contribution in [0.5, 0.6) is 5.75 Å². The van der Waals surface area contributed by atoms with Crippen molar-refractivity contribution in [3.63, 3.8) is 0 Å². The Morgan fingerprint density at radius 3 is 2.43 bits per heavy atom. The summed E-state index contributed by atoms with van der Waals surface area (Å²) in [5.74, 6) is 1.97. The highest BCUT2D eigenvalue weighted by molar-refractivity contribution is 7.89. The van der Waals surface area contributed by atoms with Crippen LogP contribution >= 0.6 is 0 Å². The molecule has 1 aromatic heterocycles. The first kappa shape index (κ1) is 20.6. The number of sulfonamides is 1. The molecule has 8 heteroatoms. The van der Waals surface area contributed by atoms with Crippen LogP contribution in [0.2, 0.25) is 0 Å². The SMILES string of the molecule is CC(C)Oc1ccc(S(=O)(=O)NCc2nc(N3CCCC3)c3ccccc3n2)cc1. The van der Waals surface area contributed by atoms with Gasteiger partial charge < -0.3 is 9.64 Å². The molecule has 2 aromatic carbocycles. The van der Waals surface area contributed by atoms with Crippen LogP contribution in [0.4, 0.5) is 5.82 Å². The Balaban J connectivity index is 1.55. The van der Waals surface area contributed by atoms with E-state index in [9.17, 15) is 8.42 Å². The van der Waals surface area contributed by atoms with Gasteiger partial charge in [0.05, 0.1) is 23.1 Å². The Morgan fingerprint density at radius 2 is 1.73 bits per heavy atom. The maximum atomic E-state index is 12.7. The Labute approximate surface area is 177 Å². The summed E-state index contributed by atoms with van der Waals surface area (Å²) in [5, 5.41) is 0.992. The third-order valence-electron chi connectivity index (χ3n) is 4.96. The van der Waals surface area contributed by atoms with Crippen LogP contribution in [-0.4, -0.2) is 37.6 Å². The molecule has 1 saturated heterocycles. The summed E-state index contributed by atoms with van der Waals surface area (Å²) in [6.45, 7) is 5.78. The third-order valence-corrected chi connectivity index (χ3v) is 6.38. The topological polar surface area (TPSA) is 84.4 Å². The standard InChI is InChI=1S/C22H26N4O3S/c1-16(2)29-17-9-11-18(12-10-17)30(27,28)23-15-21-24-20-8-4-3-7-19(20)22(25-21)26-13-5-6-14-26/h3-4,7-12,16,23H,5-6,13-15H2,1-2H3. The molecule has 1 N–H and O–H groups in total. The van der Waals surface area contributed by atoms with Crippen molar-refractivity contribution in [3.8, 4) is 5.75 Å². The second-order valence-electron chi connectivity index (χ2n) is 7.64. The summed E-state index contributed by atoms with van der Waals surface area (Å²) in [7, 11) is -3.69. The maximum Gasteiger partial charge on any atom is 0.240 e. The van der Waals surface area contributed by atoms with Crippen molar-refractivity contribution in [1.82, 2.24) is 14.7 Å². The molecule has 0 aliphatic carbocycles. The fourth-order valence-corrected chi connectivity index (χ4v) is 4.55. The molecular formula is C22H26N4O3S. The van der Waals surface area contributed by atoms with Crippen molar-refractivity contribution in [1.29, 1.82) is 0 Å². The molecule has 3 aromatic rings. The molecular weight excluding hydrogens is 400 g/mol. The van der Waals surface area contributed by atoms with Crippen molar-refractivity contribution >= 4 is 26.7 Å². The van der Waals surface area contributed by atoms with Crippen LogP contribution in [0.3, 0.4) is 0 Å². The predicted molar refractivity (Wildman–Crippen MR) is 117 cm³/mol. The van der Waals surface area contributed by atoms with E-state index in [1.807, 2.05) is 38.1 Å². The Kier molecular flexibility index (Phi) is 5.87. The summed E-state index contributed by atoms with van der Waals surface area (Å²) in [6.07, 6.45) is 2.30. The molecule has 1 aliphatic rings. The Hall–Kier alpha value is -2.71. The van der Waals surface area contributed by atoms with Gasteiger partial charge in [0.1, 0.15) is 17.4 Å². The Bertz CT molecular complexity index is 1120. The highest BCUT2D eigenvalue weighted by Crippen LogP contribution is 2.27. The number of para-hydroxylation sites is 1. The van der Waals surface area contributed by atoms with Crippen LogP contribution in [-0.2, 0) is 16.6 Å². The molecule has 0 spiro atoms. The molecule has 1 fully saturated rings. The molecule has 1 aliphatic heterocycles. The number of hydrogen-bond acceptors (Lipinski definition) is 6. The first-order valence-electron chi connectivity index (χ1n) is 10.2. The van der Waals surface area contributed by atoms with Crippen LogP contribution in [0.15, 0.2) is 53.4 Å². The summed E-state index contributed by atoms with van der Waals surface area (Å²) < 4.78 is 33.6. The normalized spacial score (nSPS) is 14.6. The summed E-state index contributed by atoms with van der Waals surface area (Å²) in [4.78, 5) is 11.7. The minimum atomic E-state index is -3.69. The fourth-order valence-electron chi connectivity index (χ4n) is 3.57. The molecule has 0 amide bonds. The van der Waals surface area contributed by atoms with E-state index in [1.54, 1.807) is 12.1 Å². The number of nitrogens with one attached hydrogen (secondary N) is 1. The fraction of sp³-hybridized carbons (Fsp3) is 0.364. The molecule has 0 radical (unpaired) electrons. The van der Waals surface area contributed by atoms with Crippen LogP contribution < -0.4 is 14.4 Å². The Morgan fingerprint density at radius 1 is 1.03 bits per heavy atom. The van der Waals surface area contributed by atoms with Gasteiger partial charge in [-0.05, 0) is 63.1 Å². The van der Waals surface area contributed by atoms with Gasteiger partial charge in [0.25, 0.3) is 0 Å². The van der Waals surface area contributed by atoms with E-state index in [-0.39, 0.29) is 17.5 Å². The number of anilines is 1. The number of nitrogens with zero attached hydrogens (tertiary/aromatic N) is 3. The largest absolute Gasteiger partial charge is 0.491 e. The molecule has 0 atom stereocenters. The summed E-state index contributed by atoms with van der Waals surface area (Å²) >= 11 is 0. The molecule has 0 unspecified atom stereocenters. The maximum absolute atomic E-state index is 12.7. The lowest BCUT2D eigenvalue weighted by Gasteiger charge is -2.19. The number of ether oxygens (including phenoxy) is 1. The van der Waals surface area contributed by atoms with E-state index in [2.05, 4.69) is 14.6 Å². The lowest BCUT2D eigenvalue weighted by molar-refractivity contribution is 0.242. The van der Waals surface area contributed by atoms with Crippen molar-refractivity contribution < 1.29 is 13.2 Å². The quantitative estimate of drug-likeness (QED) is 0.623. The summed E-state index contributed by atoms with van der Waals surface area (Å²) in [6, 6.07) is 14.2. The number of rotatable bonds is 7. The van der Waals surface area contributed by atoms with Crippen LogP contribution in [0.25, 0.3) is 10.9 Å². The molecule has 7 nitrogen and oxygen atoms in total. The zero-order valence-corrected chi connectivity index (χ0v) is 18.0. The van der Waals surface area contributed by atoms with Gasteiger partial charge in [-0.25, -0.2) is 23.1 Å². The number of fused-ring (bicyclic) bond motifs is 1. The summed E-state index contributed by atoms with van der Waals surface area (Å²) in [5.41, 5.74) is 0.818. The number of benzene rings is 2. The van der Waals surface area contributed by atoms with Crippen molar-refractivity contribution in [2.24, 2.45) is 0 Å². The highest BCUT2D eigenvalue weighted by atomic mass is 32.2. The van der Waals surface area contributed by atoms with E-state index in [0.717, 1.165) is 42.7 Å². The lowest BCUT2D eigenvalue weighted by atomic mass is 10.2. The zero-order valence-electron chi connectivity index (χ0n) is 17.2. The van der Waals surface area contributed by atoms with Gasteiger partial charge in [0, 0.05) is 18.5 Å². The number of aromatic nitrogens is 2. The third kappa shape index (κ3) is 4.55. The smallest absolute Gasteiger partial charge is 0.240 e. The van der Waals surface area contributed by atoms with E-state index < -0.39 is 10.0 Å². The van der Waals surface area contributed by atoms with Crippen molar-refractivity contribution in [3.05, 3.63) is 54.4 Å². The van der Waals surface area contributed by atoms with Gasteiger partial charge in [-0.15, -0.1) is 0 Å². The van der Waals surface area contributed by atoms with Gasteiger partial charge >= 0.3 is 0 Å². The zero-order chi connectivity index (χ0) is 21.1. The lowest BCUT2D eigenvalue weighted by Crippen LogP contribution is -2.26. The van der Waals surface area contributed by atoms with Gasteiger partial charge in [-0.1, -0.05) is 12.1 Å². The van der Waals surface area contributed by atoms with Crippen LogP contribution in [0, 0.1) is 0 Å². The molecule has 2 heterocycles.